The van der Waals surface area contributed by atoms with E-state index in [1.165, 1.54) is 0 Å². The largest absolute Gasteiger partial charge is 0.497 e. The summed E-state index contributed by atoms with van der Waals surface area (Å²) >= 11 is 0. The highest BCUT2D eigenvalue weighted by atomic mass is 16.5. The van der Waals surface area contributed by atoms with Crippen molar-refractivity contribution in [3.8, 4) is 5.75 Å². The van der Waals surface area contributed by atoms with Crippen LogP contribution >= 0.6 is 0 Å². The van der Waals surface area contributed by atoms with Gasteiger partial charge in [0.15, 0.2) is 0 Å². The number of hydrogen-bond acceptors (Lipinski definition) is 3. The number of nitrogens with one attached hydrogen (secondary N) is 1. The molecule has 1 aromatic rings. The molecule has 0 saturated carbocycles. The van der Waals surface area contributed by atoms with Crippen molar-refractivity contribution in [1.82, 2.24) is 0 Å². The fraction of sp³-hybridized carbons (Fsp3) is 0.462. The molecule has 16 heavy (non-hydrogen) atoms. The molecular formula is C13H18N2O. The Hall–Kier alpha value is -1.51. The first-order valence-electron chi connectivity index (χ1n) is 5.50. The predicted octanol–water partition coefficient (Wildman–Crippen LogP) is 3.38. The molecule has 1 heterocycles. The smallest absolute Gasteiger partial charge is 0.121 e. The standard InChI is InChI=1S/C13H18N2O/c1-9-8-13(2,3)15-11-6-5-10(16-4)7-12(11)14-9/h5-7,15H,8H2,1-4H3. The molecular weight excluding hydrogens is 200 g/mol. The highest BCUT2D eigenvalue weighted by molar-refractivity contribution is 5.90. The molecule has 0 amide bonds. The second-order valence-electron chi connectivity index (χ2n) is 4.92. The van der Waals surface area contributed by atoms with Gasteiger partial charge in [-0.1, -0.05) is 0 Å². The summed E-state index contributed by atoms with van der Waals surface area (Å²) in [6, 6.07) is 5.95. The molecule has 0 saturated heterocycles. The molecule has 2 rings (SSSR count). The van der Waals surface area contributed by atoms with Gasteiger partial charge in [-0.25, -0.2) is 0 Å². The van der Waals surface area contributed by atoms with Gasteiger partial charge >= 0.3 is 0 Å². The highest BCUT2D eigenvalue weighted by Crippen LogP contribution is 2.35. The molecule has 1 aliphatic rings. The topological polar surface area (TPSA) is 33.6 Å². The lowest BCUT2D eigenvalue weighted by molar-refractivity contribution is 0.415. The molecule has 1 N–H and O–H groups in total. The Morgan fingerprint density at radius 1 is 1.38 bits per heavy atom. The summed E-state index contributed by atoms with van der Waals surface area (Å²) in [4.78, 5) is 4.62. The summed E-state index contributed by atoms with van der Waals surface area (Å²) in [5, 5.41) is 3.51. The molecule has 0 atom stereocenters. The summed E-state index contributed by atoms with van der Waals surface area (Å²) in [6.07, 6.45) is 0.948. The van der Waals surface area contributed by atoms with Crippen molar-refractivity contribution in [1.29, 1.82) is 0 Å². The maximum atomic E-state index is 5.21. The molecule has 0 fully saturated rings. The Kier molecular flexibility index (Phi) is 2.62. The minimum Gasteiger partial charge on any atom is -0.497 e. The number of ether oxygens (including phenoxy) is 1. The van der Waals surface area contributed by atoms with E-state index in [9.17, 15) is 0 Å². The van der Waals surface area contributed by atoms with Crippen LogP contribution in [0.25, 0.3) is 0 Å². The zero-order chi connectivity index (χ0) is 11.8. The van der Waals surface area contributed by atoms with E-state index in [0.29, 0.717) is 0 Å². The van der Waals surface area contributed by atoms with E-state index in [4.69, 9.17) is 4.74 Å². The van der Waals surface area contributed by atoms with Crippen molar-refractivity contribution < 1.29 is 4.74 Å². The normalized spacial score (nSPS) is 17.9. The average Bonchev–Trinajstić information content (AvgIpc) is 2.29. The Balaban J connectivity index is 2.48. The maximum absolute atomic E-state index is 5.21. The van der Waals surface area contributed by atoms with Crippen LogP contribution < -0.4 is 10.1 Å². The van der Waals surface area contributed by atoms with Gasteiger partial charge in [0.25, 0.3) is 0 Å². The minimum atomic E-state index is 0.0490. The van der Waals surface area contributed by atoms with E-state index in [0.717, 1.165) is 29.3 Å². The zero-order valence-electron chi connectivity index (χ0n) is 10.3. The number of aliphatic imine (C=N–C) groups is 1. The lowest BCUT2D eigenvalue weighted by Gasteiger charge is -2.25. The van der Waals surface area contributed by atoms with Gasteiger partial charge in [0.05, 0.1) is 18.5 Å². The van der Waals surface area contributed by atoms with Crippen LogP contribution in [0.5, 0.6) is 5.75 Å². The summed E-state index contributed by atoms with van der Waals surface area (Å²) in [5.74, 6) is 0.844. The number of anilines is 1. The van der Waals surface area contributed by atoms with Gasteiger partial charge < -0.3 is 10.1 Å². The predicted molar refractivity (Wildman–Crippen MR) is 68.1 cm³/mol. The SMILES string of the molecule is COc1ccc2c(c1)N=C(C)CC(C)(C)N2. The Labute approximate surface area is 96.5 Å². The van der Waals surface area contributed by atoms with Crippen molar-refractivity contribution in [2.24, 2.45) is 4.99 Å². The molecule has 0 aliphatic carbocycles. The first-order valence-corrected chi connectivity index (χ1v) is 5.50. The van der Waals surface area contributed by atoms with Crippen molar-refractivity contribution in [3.63, 3.8) is 0 Å². The fourth-order valence-corrected chi connectivity index (χ4v) is 2.13. The highest BCUT2D eigenvalue weighted by Gasteiger charge is 2.23. The summed E-state index contributed by atoms with van der Waals surface area (Å²) < 4.78 is 5.21. The first-order chi connectivity index (χ1) is 7.50. The van der Waals surface area contributed by atoms with Gasteiger partial charge in [0, 0.05) is 23.7 Å². The number of nitrogens with zero attached hydrogens (tertiary/aromatic N) is 1. The number of methoxy groups -OCH3 is 1. The van der Waals surface area contributed by atoms with Crippen LogP contribution in [0.15, 0.2) is 23.2 Å². The van der Waals surface area contributed by atoms with Crippen molar-refractivity contribution in [2.45, 2.75) is 32.7 Å². The fourth-order valence-electron chi connectivity index (χ4n) is 2.13. The van der Waals surface area contributed by atoms with Crippen LogP contribution in [0.2, 0.25) is 0 Å². The molecule has 0 unspecified atom stereocenters. The van der Waals surface area contributed by atoms with Gasteiger partial charge in [-0.05, 0) is 32.9 Å². The lowest BCUT2D eigenvalue weighted by Crippen LogP contribution is -2.31. The minimum absolute atomic E-state index is 0.0490. The molecule has 1 aromatic carbocycles. The quantitative estimate of drug-likeness (QED) is 0.784. The summed E-state index contributed by atoms with van der Waals surface area (Å²) in [6.45, 7) is 6.44. The van der Waals surface area contributed by atoms with Crippen molar-refractivity contribution in [3.05, 3.63) is 18.2 Å². The Morgan fingerprint density at radius 2 is 2.12 bits per heavy atom. The second-order valence-corrected chi connectivity index (χ2v) is 4.92. The van der Waals surface area contributed by atoms with Gasteiger partial charge in [-0.3, -0.25) is 4.99 Å². The molecule has 0 aromatic heterocycles. The molecule has 0 radical (unpaired) electrons. The summed E-state index contributed by atoms with van der Waals surface area (Å²) in [5.41, 5.74) is 3.22. The summed E-state index contributed by atoms with van der Waals surface area (Å²) in [7, 11) is 1.67. The number of benzene rings is 1. The molecule has 3 heteroatoms. The van der Waals surface area contributed by atoms with Crippen LogP contribution in [0.1, 0.15) is 27.2 Å². The second kappa shape index (κ2) is 3.81. The monoisotopic (exact) mass is 218 g/mol. The van der Waals surface area contributed by atoms with E-state index in [2.05, 4.69) is 31.1 Å². The first kappa shape index (κ1) is 11.0. The molecule has 0 bridgehead atoms. The third-order valence-corrected chi connectivity index (χ3v) is 2.69. The third kappa shape index (κ3) is 2.18. The van der Waals surface area contributed by atoms with E-state index >= 15 is 0 Å². The maximum Gasteiger partial charge on any atom is 0.121 e. The van der Waals surface area contributed by atoms with Crippen LogP contribution in [0.3, 0.4) is 0 Å². The number of fused-ring (bicyclic) bond motifs is 1. The molecule has 1 aliphatic heterocycles. The van der Waals surface area contributed by atoms with Crippen LogP contribution in [0, 0.1) is 0 Å². The van der Waals surface area contributed by atoms with E-state index in [-0.39, 0.29) is 5.54 Å². The van der Waals surface area contributed by atoms with Gasteiger partial charge in [0.1, 0.15) is 5.75 Å². The van der Waals surface area contributed by atoms with Gasteiger partial charge in [-0.2, -0.15) is 0 Å². The van der Waals surface area contributed by atoms with Crippen molar-refractivity contribution >= 4 is 17.1 Å². The third-order valence-electron chi connectivity index (χ3n) is 2.69. The Bertz CT molecular complexity index is 436. The molecule has 0 spiro atoms. The van der Waals surface area contributed by atoms with E-state index in [1.54, 1.807) is 7.11 Å². The molecule has 3 nitrogen and oxygen atoms in total. The van der Waals surface area contributed by atoms with Crippen LogP contribution in [-0.2, 0) is 0 Å². The van der Waals surface area contributed by atoms with Crippen LogP contribution in [0.4, 0.5) is 11.4 Å². The number of hydrogen-bond donors (Lipinski definition) is 1. The Morgan fingerprint density at radius 3 is 2.81 bits per heavy atom. The van der Waals surface area contributed by atoms with Crippen LogP contribution in [-0.4, -0.2) is 18.4 Å². The van der Waals surface area contributed by atoms with Gasteiger partial charge in [-0.15, -0.1) is 0 Å². The van der Waals surface area contributed by atoms with Crippen molar-refractivity contribution in [2.75, 3.05) is 12.4 Å². The molecule has 86 valence electrons. The lowest BCUT2D eigenvalue weighted by atomic mass is 9.98. The van der Waals surface area contributed by atoms with E-state index in [1.807, 2.05) is 18.2 Å². The number of rotatable bonds is 1. The zero-order valence-corrected chi connectivity index (χ0v) is 10.3. The van der Waals surface area contributed by atoms with Gasteiger partial charge in [0.2, 0.25) is 0 Å². The van der Waals surface area contributed by atoms with E-state index < -0.39 is 0 Å². The average molecular weight is 218 g/mol.